The number of carbonyl (C=O) groups is 1. The molecule has 0 fully saturated rings. The number of hydrogen-bond acceptors (Lipinski definition) is 1. The Morgan fingerprint density at radius 2 is 2.14 bits per heavy atom. The van der Waals surface area contributed by atoms with Crippen LogP contribution in [-0.4, -0.2) is 11.1 Å². The molecule has 1 aromatic rings. The van der Waals surface area contributed by atoms with Gasteiger partial charge in [0.1, 0.15) is 0 Å². The van der Waals surface area contributed by atoms with Crippen molar-refractivity contribution in [3.8, 4) is 0 Å². The molecule has 0 saturated carbocycles. The van der Waals surface area contributed by atoms with Gasteiger partial charge >= 0.3 is 5.97 Å². The van der Waals surface area contributed by atoms with E-state index >= 15 is 0 Å². The van der Waals surface area contributed by atoms with Gasteiger partial charge in [-0.1, -0.05) is 24.6 Å². The van der Waals surface area contributed by atoms with Crippen molar-refractivity contribution < 1.29 is 9.90 Å². The number of carboxylic acids is 1. The molecule has 0 aromatic heterocycles. The van der Waals surface area contributed by atoms with Crippen LogP contribution < -0.4 is 0 Å². The molecule has 0 heterocycles. The Bertz CT molecular complexity index is 327. The minimum Gasteiger partial charge on any atom is -0.481 e. The van der Waals surface area contributed by atoms with Crippen molar-refractivity contribution in [2.45, 2.75) is 26.2 Å². The summed E-state index contributed by atoms with van der Waals surface area (Å²) in [6.45, 7) is 3.84. The van der Waals surface area contributed by atoms with Crippen molar-refractivity contribution in [1.82, 2.24) is 0 Å². The van der Waals surface area contributed by atoms with Crippen molar-refractivity contribution in [2.75, 3.05) is 0 Å². The van der Waals surface area contributed by atoms with E-state index in [1.807, 2.05) is 32.0 Å². The number of rotatable bonds is 3. The van der Waals surface area contributed by atoms with Gasteiger partial charge in [-0.3, -0.25) is 4.79 Å². The molecule has 0 spiro atoms. The molecule has 1 atom stereocenters. The van der Waals surface area contributed by atoms with Gasteiger partial charge in [-0.25, -0.2) is 0 Å². The van der Waals surface area contributed by atoms with E-state index in [-0.39, 0.29) is 12.3 Å². The first-order valence-electron chi connectivity index (χ1n) is 4.48. The number of aliphatic carboxylic acids is 1. The van der Waals surface area contributed by atoms with Crippen molar-refractivity contribution >= 4 is 17.6 Å². The molecule has 0 saturated heterocycles. The van der Waals surface area contributed by atoms with Gasteiger partial charge in [0.05, 0.1) is 6.42 Å². The molecule has 0 aliphatic heterocycles. The number of carboxylic acid groups (broad SMARTS) is 1. The maximum absolute atomic E-state index is 10.5. The minimum absolute atomic E-state index is 0.00454. The number of benzene rings is 1. The van der Waals surface area contributed by atoms with Crippen LogP contribution in [0.25, 0.3) is 0 Å². The van der Waals surface area contributed by atoms with Gasteiger partial charge in [-0.15, -0.1) is 0 Å². The average molecular weight is 213 g/mol. The fourth-order valence-electron chi connectivity index (χ4n) is 1.43. The van der Waals surface area contributed by atoms with E-state index in [0.29, 0.717) is 5.02 Å². The standard InChI is InChI=1S/C11H13ClO2/c1-7-3-9(6-10(12)4-7)8(2)5-11(13)14/h3-4,6,8H,5H2,1-2H3,(H,13,14). The highest BCUT2D eigenvalue weighted by atomic mass is 35.5. The number of hydrogen-bond donors (Lipinski definition) is 1. The lowest BCUT2D eigenvalue weighted by Crippen LogP contribution is -2.03. The van der Waals surface area contributed by atoms with Crippen molar-refractivity contribution in [1.29, 1.82) is 0 Å². The third kappa shape index (κ3) is 3.04. The van der Waals surface area contributed by atoms with Crippen molar-refractivity contribution in [3.63, 3.8) is 0 Å². The summed E-state index contributed by atoms with van der Waals surface area (Å²) in [4.78, 5) is 10.5. The van der Waals surface area contributed by atoms with Gasteiger partial charge < -0.3 is 5.11 Å². The predicted octanol–water partition coefficient (Wildman–Crippen LogP) is 3.23. The summed E-state index contributed by atoms with van der Waals surface area (Å²) in [5.74, 6) is -0.778. The van der Waals surface area contributed by atoms with Crippen LogP contribution >= 0.6 is 11.6 Å². The Kier molecular flexibility index (Phi) is 3.53. The first kappa shape index (κ1) is 11.1. The third-order valence-electron chi connectivity index (χ3n) is 2.11. The highest BCUT2D eigenvalue weighted by Gasteiger charge is 2.10. The first-order chi connectivity index (χ1) is 6.49. The van der Waals surface area contributed by atoms with Gasteiger partial charge in [0, 0.05) is 5.02 Å². The molecule has 76 valence electrons. The fraction of sp³-hybridized carbons (Fsp3) is 0.364. The van der Waals surface area contributed by atoms with Crippen LogP contribution in [0.5, 0.6) is 0 Å². The van der Waals surface area contributed by atoms with Crippen LogP contribution in [0, 0.1) is 6.92 Å². The zero-order valence-corrected chi connectivity index (χ0v) is 9.01. The molecule has 14 heavy (non-hydrogen) atoms. The Morgan fingerprint density at radius 1 is 1.50 bits per heavy atom. The summed E-state index contributed by atoms with van der Waals surface area (Å²) in [5.41, 5.74) is 2.04. The van der Waals surface area contributed by atoms with Crippen LogP contribution in [0.2, 0.25) is 5.02 Å². The lowest BCUT2D eigenvalue weighted by molar-refractivity contribution is -0.137. The summed E-state index contributed by atoms with van der Waals surface area (Å²) in [7, 11) is 0. The molecule has 0 aliphatic carbocycles. The van der Waals surface area contributed by atoms with Crippen LogP contribution in [0.15, 0.2) is 18.2 Å². The zero-order chi connectivity index (χ0) is 10.7. The number of halogens is 1. The van der Waals surface area contributed by atoms with Crippen LogP contribution in [0.3, 0.4) is 0 Å². The Hall–Kier alpha value is -1.02. The van der Waals surface area contributed by atoms with E-state index in [1.165, 1.54) is 0 Å². The minimum atomic E-state index is -0.782. The van der Waals surface area contributed by atoms with E-state index in [0.717, 1.165) is 11.1 Å². The topological polar surface area (TPSA) is 37.3 Å². The van der Waals surface area contributed by atoms with E-state index in [9.17, 15) is 4.79 Å². The largest absolute Gasteiger partial charge is 0.481 e. The average Bonchev–Trinajstić information content (AvgIpc) is 2.00. The molecule has 1 unspecified atom stereocenters. The summed E-state index contributed by atoms with van der Waals surface area (Å²) in [6, 6.07) is 5.65. The van der Waals surface area contributed by atoms with Gasteiger partial charge in [0.2, 0.25) is 0 Å². The fourth-order valence-corrected chi connectivity index (χ4v) is 1.73. The van der Waals surface area contributed by atoms with E-state index in [4.69, 9.17) is 16.7 Å². The second-order valence-electron chi connectivity index (χ2n) is 3.56. The first-order valence-corrected chi connectivity index (χ1v) is 4.85. The molecule has 0 aliphatic rings. The van der Waals surface area contributed by atoms with Gasteiger partial charge in [-0.05, 0) is 36.1 Å². The van der Waals surface area contributed by atoms with E-state index in [1.54, 1.807) is 0 Å². The molecule has 1 aromatic carbocycles. The molecule has 0 radical (unpaired) electrons. The van der Waals surface area contributed by atoms with Gasteiger partial charge in [0.25, 0.3) is 0 Å². The monoisotopic (exact) mass is 212 g/mol. The predicted molar refractivity (Wildman–Crippen MR) is 56.9 cm³/mol. The van der Waals surface area contributed by atoms with E-state index < -0.39 is 5.97 Å². The van der Waals surface area contributed by atoms with Gasteiger partial charge in [0.15, 0.2) is 0 Å². The summed E-state index contributed by atoms with van der Waals surface area (Å²) < 4.78 is 0. The lowest BCUT2D eigenvalue weighted by Gasteiger charge is -2.10. The van der Waals surface area contributed by atoms with Crippen LogP contribution in [0.4, 0.5) is 0 Å². The molecule has 0 amide bonds. The van der Waals surface area contributed by atoms with Crippen molar-refractivity contribution in [3.05, 3.63) is 34.3 Å². The highest BCUT2D eigenvalue weighted by molar-refractivity contribution is 6.30. The summed E-state index contributed by atoms with van der Waals surface area (Å²) in [5, 5.41) is 9.31. The normalized spacial score (nSPS) is 12.5. The molecule has 1 N–H and O–H groups in total. The maximum atomic E-state index is 10.5. The highest BCUT2D eigenvalue weighted by Crippen LogP contribution is 2.23. The number of aryl methyl sites for hydroxylation is 1. The van der Waals surface area contributed by atoms with Crippen LogP contribution in [-0.2, 0) is 4.79 Å². The smallest absolute Gasteiger partial charge is 0.303 e. The van der Waals surface area contributed by atoms with E-state index in [2.05, 4.69) is 0 Å². The molecular weight excluding hydrogens is 200 g/mol. The van der Waals surface area contributed by atoms with Crippen LogP contribution in [0.1, 0.15) is 30.4 Å². The molecular formula is C11H13ClO2. The quantitative estimate of drug-likeness (QED) is 0.835. The molecule has 1 rings (SSSR count). The third-order valence-corrected chi connectivity index (χ3v) is 2.33. The Balaban J connectivity index is 2.89. The maximum Gasteiger partial charge on any atom is 0.303 e. The lowest BCUT2D eigenvalue weighted by atomic mass is 9.96. The second-order valence-corrected chi connectivity index (χ2v) is 4.00. The summed E-state index contributed by atoms with van der Waals surface area (Å²) in [6.07, 6.45) is 0.139. The summed E-state index contributed by atoms with van der Waals surface area (Å²) >= 11 is 5.88. The Morgan fingerprint density at radius 3 is 2.64 bits per heavy atom. The molecule has 2 nitrogen and oxygen atoms in total. The molecule has 0 bridgehead atoms. The second kappa shape index (κ2) is 4.47. The van der Waals surface area contributed by atoms with Gasteiger partial charge in [-0.2, -0.15) is 0 Å². The zero-order valence-electron chi connectivity index (χ0n) is 8.25. The Labute approximate surface area is 88.5 Å². The van der Waals surface area contributed by atoms with Crippen molar-refractivity contribution in [2.24, 2.45) is 0 Å². The SMILES string of the molecule is Cc1cc(Cl)cc(C(C)CC(=O)O)c1. The molecule has 3 heteroatoms.